The van der Waals surface area contributed by atoms with Crippen LogP contribution in [0.15, 0.2) is 24.3 Å². The van der Waals surface area contributed by atoms with Gasteiger partial charge in [-0.1, -0.05) is 44.1 Å². The van der Waals surface area contributed by atoms with Gasteiger partial charge in [-0.15, -0.1) is 0 Å². The standard InChI is InChI=1S/C23H40O4/c1-4-5-6-7-8-11-14-19-20(22(25)17-21(19)24)15-12-9-10-13-16-23(26)27-18(2)3/h7-9,12,18-22,24-25H,4-6,10-11,13-17H2,1-3H3/b8-7+,12-9-/t19-,20-,21-,22+/m1/s1. The number of ether oxygens (including phenoxy) is 1. The van der Waals surface area contributed by atoms with Crippen LogP contribution in [0.4, 0.5) is 0 Å². The number of aliphatic hydroxyl groups excluding tert-OH is 2. The maximum atomic E-state index is 11.5. The second kappa shape index (κ2) is 14.0. The summed E-state index contributed by atoms with van der Waals surface area (Å²) >= 11 is 0. The number of esters is 1. The first-order valence-corrected chi connectivity index (χ1v) is 10.8. The fraction of sp³-hybridized carbons (Fsp3) is 0.783. The van der Waals surface area contributed by atoms with Crippen LogP contribution in [0, 0.1) is 11.8 Å². The molecule has 1 rings (SSSR count). The van der Waals surface area contributed by atoms with E-state index >= 15 is 0 Å². The van der Waals surface area contributed by atoms with Crippen LogP contribution in [0.1, 0.15) is 85.0 Å². The zero-order chi connectivity index (χ0) is 20.1. The fourth-order valence-electron chi connectivity index (χ4n) is 3.81. The molecule has 0 radical (unpaired) electrons. The minimum Gasteiger partial charge on any atom is -0.463 e. The van der Waals surface area contributed by atoms with Crippen LogP contribution in [0.25, 0.3) is 0 Å². The molecule has 4 nitrogen and oxygen atoms in total. The third kappa shape index (κ3) is 10.1. The molecule has 0 spiro atoms. The molecule has 1 aliphatic carbocycles. The molecule has 1 fully saturated rings. The smallest absolute Gasteiger partial charge is 0.306 e. The van der Waals surface area contributed by atoms with Gasteiger partial charge in [0.2, 0.25) is 0 Å². The highest BCUT2D eigenvalue weighted by atomic mass is 16.5. The van der Waals surface area contributed by atoms with Gasteiger partial charge in [0.05, 0.1) is 18.3 Å². The molecule has 0 amide bonds. The Morgan fingerprint density at radius 2 is 1.63 bits per heavy atom. The van der Waals surface area contributed by atoms with Crippen molar-refractivity contribution in [1.29, 1.82) is 0 Å². The minimum absolute atomic E-state index is 0.0539. The van der Waals surface area contributed by atoms with Gasteiger partial charge in [-0.25, -0.2) is 0 Å². The lowest BCUT2D eigenvalue weighted by Crippen LogP contribution is -2.21. The maximum Gasteiger partial charge on any atom is 0.306 e. The monoisotopic (exact) mass is 380 g/mol. The number of allylic oxidation sites excluding steroid dienone is 4. The quantitative estimate of drug-likeness (QED) is 0.270. The van der Waals surface area contributed by atoms with Gasteiger partial charge in [0.15, 0.2) is 0 Å². The molecule has 0 saturated heterocycles. The first-order chi connectivity index (χ1) is 13.0. The van der Waals surface area contributed by atoms with Crippen molar-refractivity contribution in [2.75, 3.05) is 0 Å². The summed E-state index contributed by atoms with van der Waals surface area (Å²) in [6.45, 7) is 5.91. The zero-order valence-electron chi connectivity index (χ0n) is 17.5. The number of hydrogen-bond donors (Lipinski definition) is 2. The molecule has 156 valence electrons. The molecule has 4 atom stereocenters. The molecule has 0 heterocycles. The summed E-state index contributed by atoms with van der Waals surface area (Å²) in [6, 6.07) is 0. The molecule has 0 aromatic heterocycles. The Hall–Kier alpha value is -1.13. The van der Waals surface area contributed by atoms with E-state index in [1.165, 1.54) is 12.8 Å². The van der Waals surface area contributed by atoms with Crippen molar-refractivity contribution < 1.29 is 19.7 Å². The first kappa shape index (κ1) is 23.9. The average molecular weight is 381 g/mol. The highest BCUT2D eigenvalue weighted by molar-refractivity contribution is 5.69. The Morgan fingerprint density at radius 1 is 1.00 bits per heavy atom. The van der Waals surface area contributed by atoms with E-state index < -0.39 is 12.2 Å². The van der Waals surface area contributed by atoms with Crippen LogP contribution < -0.4 is 0 Å². The Morgan fingerprint density at radius 3 is 2.33 bits per heavy atom. The molecule has 0 aliphatic heterocycles. The average Bonchev–Trinajstić information content (AvgIpc) is 2.86. The maximum absolute atomic E-state index is 11.5. The summed E-state index contributed by atoms with van der Waals surface area (Å²) in [4.78, 5) is 11.5. The van der Waals surface area contributed by atoms with Crippen LogP contribution >= 0.6 is 0 Å². The lowest BCUT2D eigenvalue weighted by molar-refractivity contribution is -0.147. The van der Waals surface area contributed by atoms with Crippen molar-refractivity contribution in [3.05, 3.63) is 24.3 Å². The van der Waals surface area contributed by atoms with E-state index in [4.69, 9.17) is 4.74 Å². The molecule has 2 N–H and O–H groups in total. The van der Waals surface area contributed by atoms with Gasteiger partial charge >= 0.3 is 5.97 Å². The van der Waals surface area contributed by atoms with E-state index in [0.717, 1.165) is 38.5 Å². The molecule has 4 heteroatoms. The molecule has 0 bridgehead atoms. The Balaban J connectivity index is 2.31. The SMILES string of the molecule is CCCC/C=C/CC[C@@H]1[C@@H](C/C=C\CCCC(=O)OC(C)C)[C@@H](O)C[C@H]1O. The van der Waals surface area contributed by atoms with Crippen LogP contribution in [-0.2, 0) is 9.53 Å². The Bertz CT molecular complexity index is 455. The summed E-state index contributed by atoms with van der Waals surface area (Å²) in [5.41, 5.74) is 0. The van der Waals surface area contributed by atoms with E-state index in [0.29, 0.717) is 12.8 Å². The van der Waals surface area contributed by atoms with Gasteiger partial charge in [-0.2, -0.15) is 0 Å². The Kier molecular flexibility index (Phi) is 12.4. The van der Waals surface area contributed by atoms with Crippen LogP contribution in [0.5, 0.6) is 0 Å². The molecular weight excluding hydrogens is 340 g/mol. The van der Waals surface area contributed by atoms with Gasteiger partial charge in [-0.3, -0.25) is 4.79 Å². The number of hydrogen-bond acceptors (Lipinski definition) is 4. The van der Waals surface area contributed by atoms with Crippen molar-refractivity contribution in [3.8, 4) is 0 Å². The predicted octanol–water partition coefficient (Wildman–Crippen LogP) is 4.94. The van der Waals surface area contributed by atoms with E-state index in [9.17, 15) is 15.0 Å². The second-order valence-electron chi connectivity index (χ2n) is 8.03. The third-order valence-corrected chi connectivity index (χ3v) is 5.27. The lowest BCUT2D eigenvalue weighted by Gasteiger charge is -2.21. The van der Waals surface area contributed by atoms with Crippen molar-refractivity contribution in [2.45, 2.75) is 103 Å². The predicted molar refractivity (Wildman–Crippen MR) is 110 cm³/mol. The van der Waals surface area contributed by atoms with Crippen LogP contribution in [0.3, 0.4) is 0 Å². The molecule has 1 saturated carbocycles. The van der Waals surface area contributed by atoms with E-state index in [-0.39, 0.29) is 23.9 Å². The number of carbonyl (C=O) groups is 1. The highest BCUT2D eigenvalue weighted by Crippen LogP contribution is 2.38. The van der Waals surface area contributed by atoms with Gasteiger partial charge in [0.25, 0.3) is 0 Å². The van der Waals surface area contributed by atoms with Gasteiger partial charge in [-0.05, 0) is 70.6 Å². The van der Waals surface area contributed by atoms with E-state index in [2.05, 4.69) is 31.2 Å². The summed E-state index contributed by atoms with van der Waals surface area (Å²) in [5.74, 6) is 0.160. The number of rotatable bonds is 13. The summed E-state index contributed by atoms with van der Waals surface area (Å²) in [7, 11) is 0. The second-order valence-corrected chi connectivity index (χ2v) is 8.03. The largest absolute Gasteiger partial charge is 0.463 e. The van der Waals surface area contributed by atoms with Crippen molar-refractivity contribution >= 4 is 5.97 Å². The topological polar surface area (TPSA) is 66.8 Å². The summed E-state index contributed by atoms with van der Waals surface area (Å²) in [6.07, 6.45) is 16.6. The lowest BCUT2D eigenvalue weighted by atomic mass is 9.87. The summed E-state index contributed by atoms with van der Waals surface area (Å²) < 4.78 is 5.12. The van der Waals surface area contributed by atoms with Crippen molar-refractivity contribution in [1.82, 2.24) is 0 Å². The van der Waals surface area contributed by atoms with Gasteiger partial charge in [0.1, 0.15) is 0 Å². The molecule has 0 unspecified atom stereocenters. The summed E-state index contributed by atoms with van der Waals surface area (Å²) in [5, 5.41) is 20.6. The third-order valence-electron chi connectivity index (χ3n) is 5.27. The molecular formula is C23H40O4. The van der Waals surface area contributed by atoms with Crippen molar-refractivity contribution in [2.24, 2.45) is 11.8 Å². The van der Waals surface area contributed by atoms with Crippen LogP contribution in [0.2, 0.25) is 0 Å². The number of carbonyl (C=O) groups excluding carboxylic acids is 1. The van der Waals surface area contributed by atoms with Gasteiger partial charge < -0.3 is 14.9 Å². The van der Waals surface area contributed by atoms with E-state index in [1.807, 2.05) is 13.8 Å². The van der Waals surface area contributed by atoms with E-state index in [1.54, 1.807) is 0 Å². The molecule has 1 aliphatic rings. The van der Waals surface area contributed by atoms with Crippen LogP contribution in [-0.4, -0.2) is 34.5 Å². The normalized spacial score (nSPS) is 25.9. The molecule has 0 aromatic rings. The number of unbranched alkanes of at least 4 members (excludes halogenated alkanes) is 3. The van der Waals surface area contributed by atoms with Gasteiger partial charge in [0, 0.05) is 6.42 Å². The first-order valence-electron chi connectivity index (χ1n) is 10.8. The Labute approximate surface area is 165 Å². The molecule has 0 aromatic carbocycles. The van der Waals surface area contributed by atoms with Crippen molar-refractivity contribution in [3.63, 3.8) is 0 Å². The zero-order valence-corrected chi connectivity index (χ0v) is 17.5. The minimum atomic E-state index is -0.417. The molecule has 27 heavy (non-hydrogen) atoms. The fourth-order valence-corrected chi connectivity index (χ4v) is 3.81. The number of aliphatic hydroxyl groups is 2. The highest BCUT2D eigenvalue weighted by Gasteiger charge is 2.40.